The maximum absolute atomic E-state index is 12.3. The first kappa shape index (κ1) is 15.3. The zero-order valence-corrected chi connectivity index (χ0v) is 13.7. The lowest BCUT2D eigenvalue weighted by Gasteiger charge is -2.24. The molecule has 0 saturated carbocycles. The molecule has 0 amide bonds. The van der Waals surface area contributed by atoms with Gasteiger partial charge in [0.05, 0.1) is 11.7 Å². The van der Waals surface area contributed by atoms with Crippen LogP contribution in [-0.4, -0.2) is 12.6 Å². The highest BCUT2D eigenvalue weighted by Crippen LogP contribution is 2.36. The van der Waals surface area contributed by atoms with E-state index < -0.39 is 0 Å². The van der Waals surface area contributed by atoms with Crippen LogP contribution in [0.1, 0.15) is 41.3 Å². The summed E-state index contributed by atoms with van der Waals surface area (Å²) >= 11 is 3.43. The molecular weight excluding hydrogens is 344 g/mol. The highest BCUT2D eigenvalue weighted by Gasteiger charge is 2.21. The Labute approximate surface area is 138 Å². The molecule has 3 nitrogen and oxygen atoms in total. The van der Waals surface area contributed by atoms with Crippen LogP contribution in [-0.2, 0) is 4.74 Å². The number of carbonyl (C=O) groups excluding carboxylic acids is 1. The van der Waals surface area contributed by atoms with E-state index in [9.17, 15) is 4.79 Å². The molecular formula is C18H17BrO3. The van der Waals surface area contributed by atoms with Crippen LogP contribution >= 0.6 is 15.9 Å². The Morgan fingerprint density at radius 3 is 2.68 bits per heavy atom. The minimum Gasteiger partial charge on any atom is -0.422 e. The lowest BCUT2D eigenvalue weighted by atomic mass is 10.0. The normalized spacial score (nSPS) is 18.0. The number of carbonyl (C=O) groups is 1. The molecule has 4 heteroatoms. The third-order valence-corrected chi connectivity index (χ3v) is 4.21. The number of hydrogen-bond donors (Lipinski definition) is 0. The van der Waals surface area contributed by atoms with Gasteiger partial charge in [-0.05, 0) is 43.5 Å². The van der Waals surface area contributed by atoms with Gasteiger partial charge >= 0.3 is 5.97 Å². The van der Waals surface area contributed by atoms with E-state index in [1.54, 1.807) is 12.1 Å². The number of ether oxygens (including phenoxy) is 2. The van der Waals surface area contributed by atoms with Crippen molar-refractivity contribution in [2.24, 2.45) is 0 Å². The minimum absolute atomic E-state index is 0.000392. The van der Waals surface area contributed by atoms with Gasteiger partial charge < -0.3 is 9.47 Å². The fourth-order valence-electron chi connectivity index (χ4n) is 2.58. The minimum atomic E-state index is -0.351. The topological polar surface area (TPSA) is 35.5 Å². The molecule has 1 saturated heterocycles. The van der Waals surface area contributed by atoms with Crippen molar-refractivity contribution in [2.75, 3.05) is 6.61 Å². The molecule has 0 N–H and O–H groups in total. The van der Waals surface area contributed by atoms with Gasteiger partial charge in [0.1, 0.15) is 5.75 Å². The van der Waals surface area contributed by atoms with E-state index in [1.807, 2.05) is 36.4 Å². The van der Waals surface area contributed by atoms with Crippen LogP contribution in [0.15, 0.2) is 53.0 Å². The molecule has 1 heterocycles. The molecule has 3 rings (SSSR count). The summed E-state index contributed by atoms with van der Waals surface area (Å²) in [5, 5.41) is 0. The van der Waals surface area contributed by atoms with Gasteiger partial charge in [0.2, 0.25) is 0 Å². The quantitative estimate of drug-likeness (QED) is 0.576. The van der Waals surface area contributed by atoms with Crippen LogP contribution in [0.2, 0.25) is 0 Å². The average molecular weight is 361 g/mol. The summed E-state index contributed by atoms with van der Waals surface area (Å²) in [4.78, 5) is 12.3. The van der Waals surface area contributed by atoms with Gasteiger partial charge in [-0.15, -0.1) is 0 Å². The van der Waals surface area contributed by atoms with Gasteiger partial charge in [-0.1, -0.05) is 40.2 Å². The largest absolute Gasteiger partial charge is 0.422 e. The second kappa shape index (κ2) is 7.07. The summed E-state index contributed by atoms with van der Waals surface area (Å²) in [6, 6.07) is 14.8. The Balaban J connectivity index is 1.85. The second-order valence-corrected chi connectivity index (χ2v) is 6.21. The maximum atomic E-state index is 12.3. The van der Waals surface area contributed by atoms with Gasteiger partial charge in [-0.3, -0.25) is 0 Å². The third-order valence-electron chi connectivity index (χ3n) is 3.71. The molecule has 0 spiro atoms. The number of esters is 1. The molecule has 1 aliphatic heterocycles. The fourth-order valence-corrected chi connectivity index (χ4v) is 2.92. The van der Waals surface area contributed by atoms with E-state index in [1.165, 1.54) is 0 Å². The van der Waals surface area contributed by atoms with Gasteiger partial charge in [-0.25, -0.2) is 4.79 Å². The molecule has 1 fully saturated rings. The predicted octanol–water partition coefficient (Wildman–Crippen LogP) is 4.91. The van der Waals surface area contributed by atoms with E-state index in [2.05, 4.69) is 15.9 Å². The SMILES string of the molecule is O=C(Oc1cc(Br)ccc1C1CCCCO1)c1ccccc1. The molecule has 2 aromatic rings. The van der Waals surface area contributed by atoms with Crippen LogP contribution in [0.4, 0.5) is 0 Å². The summed E-state index contributed by atoms with van der Waals surface area (Å²) < 4.78 is 12.3. The third kappa shape index (κ3) is 3.57. The second-order valence-electron chi connectivity index (χ2n) is 5.29. The van der Waals surface area contributed by atoms with Crippen LogP contribution in [0.25, 0.3) is 0 Å². The van der Waals surface area contributed by atoms with Crippen LogP contribution in [0.5, 0.6) is 5.75 Å². The summed E-state index contributed by atoms with van der Waals surface area (Å²) in [6.45, 7) is 0.757. The van der Waals surface area contributed by atoms with Gasteiger partial charge in [-0.2, -0.15) is 0 Å². The fraction of sp³-hybridized carbons (Fsp3) is 0.278. The predicted molar refractivity (Wildman–Crippen MR) is 88.1 cm³/mol. The lowest BCUT2D eigenvalue weighted by molar-refractivity contribution is 0.0133. The number of halogens is 1. The first-order valence-electron chi connectivity index (χ1n) is 7.42. The number of hydrogen-bond acceptors (Lipinski definition) is 3. The van der Waals surface area contributed by atoms with Gasteiger partial charge in [0.25, 0.3) is 0 Å². The van der Waals surface area contributed by atoms with E-state index >= 15 is 0 Å². The van der Waals surface area contributed by atoms with Crippen molar-refractivity contribution in [2.45, 2.75) is 25.4 Å². The Hall–Kier alpha value is -1.65. The molecule has 0 aliphatic carbocycles. The monoisotopic (exact) mass is 360 g/mol. The molecule has 0 radical (unpaired) electrons. The number of benzene rings is 2. The Kier molecular flexibility index (Phi) is 4.90. The van der Waals surface area contributed by atoms with Crippen molar-refractivity contribution >= 4 is 21.9 Å². The van der Waals surface area contributed by atoms with Crippen molar-refractivity contribution in [3.63, 3.8) is 0 Å². The van der Waals surface area contributed by atoms with Gasteiger partial charge in [0, 0.05) is 16.6 Å². The molecule has 114 valence electrons. The van der Waals surface area contributed by atoms with E-state index in [0.29, 0.717) is 11.3 Å². The van der Waals surface area contributed by atoms with Crippen molar-refractivity contribution < 1.29 is 14.3 Å². The van der Waals surface area contributed by atoms with E-state index in [0.717, 1.165) is 35.9 Å². The molecule has 2 aromatic carbocycles. The Morgan fingerprint density at radius 2 is 1.95 bits per heavy atom. The Morgan fingerprint density at radius 1 is 1.14 bits per heavy atom. The van der Waals surface area contributed by atoms with Crippen molar-refractivity contribution in [1.82, 2.24) is 0 Å². The molecule has 1 unspecified atom stereocenters. The molecule has 1 atom stereocenters. The zero-order chi connectivity index (χ0) is 15.4. The summed E-state index contributed by atoms with van der Waals surface area (Å²) in [6.07, 6.45) is 3.18. The summed E-state index contributed by atoms with van der Waals surface area (Å²) in [7, 11) is 0. The van der Waals surface area contributed by atoms with E-state index in [4.69, 9.17) is 9.47 Å². The van der Waals surface area contributed by atoms with Crippen LogP contribution in [0.3, 0.4) is 0 Å². The van der Waals surface area contributed by atoms with Crippen molar-refractivity contribution in [3.05, 3.63) is 64.1 Å². The highest BCUT2D eigenvalue weighted by atomic mass is 79.9. The molecule has 0 aromatic heterocycles. The van der Waals surface area contributed by atoms with Crippen molar-refractivity contribution in [3.8, 4) is 5.75 Å². The first-order valence-corrected chi connectivity index (χ1v) is 8.21. The van der Waals surface area contributed by atoms with E-state index in [-0.39, 0.29) is 12.1 Å². The van der Waals surface area contributed by atoms with Crippen molar-refractivity contribution in [1.29, 1.82) is 0 Å². The Bertz CT molecular complexity index is 649. The van der Waals surface area contributed by atoms with Crippen LogP contribution < -0.4 is 4.74 Å². The first-order chi connectivity index (χ1) is 10.7. The standard InChI is InChI=1S/C18H17BrO3/c19-14-9-10-15(16-8-4-5-11-21-16)17(12-14)22-18(20)13-6-2-1-3-7-13/h1-3,6-7,9-10,12,16H,4-5,8,11H2. The van der Waals surface area contributed by atoms with Gasteiger partial charge in [0.15, 0.2) is 0 Å². The highest BCUT2D eigenvalue weighted by molar-refractivity contribution is 9.10. The molecule has 22 heavy (non-hydrogen) atoms. The maximum Gasteiger partial charge on any atom is 0.343 e. The zero-order valence-electron chi connectivity index (χ0n) is 12.1. The summed E-state index contributed by atoms with van der Waals surface area (Å²) in [5.74, 6) is 0.214. The number of rotatable bonds is 3. The smallest absolute Gasteiger partial charge is 0.343 e. The lowest BCUT2D eigenvalue weighted by Crippen LogP contribution is -2.15. The average Bonchev–Trinajstić information content (AvgIpc) is 2.56. The molecule has 0 bridgehead atoms. The van der Waals surface area contributed by atoms with Crippen LogP contribution in [0, 0.1) is 0 Å². The molecule has 1 aliphatic rings. The summed E-state index contributed by atoms with van der Waals surface area (Å²) in [5.41, 5.74) is 1.48.